The molecule has 0 amide bonds. The molecule has 2 aromatic rings. The minimum atomic E-state index is -2.95. The molecule has 0 radical (unpaired) electrons. The fourth-order valence-electron chi connectivity index (χ4n) is 3.97. The van der Waals surface area contributed by atoms with E-state index >= 15 is 0 Å². The lowest BCUT2D eigenvalue weighted by atomic mass is 10.1. The van der Waals surface area contributed by atoms with E-state index in [0.29, 0.717) is 0 Å². The van der Waals surface area contributed by atoms with Crippen LogP contribution in [0.15, 0.2) is 72.8 Å². The van der Waals surface area contributed by atoms with Gasteiger partial charge in [0.25, 0.3) is 0 Å². The maximum Gasteiger partial charge on any atom is 0.147 e. The van der Waals surface area contributed by atoms with Crippen LogP contribution in [0.4, 0.5) is 0 Å². The smallest absolute Gasteiger partial charge is 0.147 e. The van der Waals surface area contributed by atoms with Crippen molar-refractivity contribution in [2.45, 2.75) is 50.1 Å². The van der Waals surface area contributed by atoms with E-state index in [1.54, 1.807) is 0 Å². The molecule has 4 heteroatoms. The number of allylic oxidation sites excluding steroid dienone is 2. The zero-order valence-electron chi connectivity index (χ0n) is 16.7. The third-order valence-electron chi connectivity index (χ3n) is 6.00. The molecular formula is C23H30O2P2. The summed E-state index contributed by atoms with van der Waals surface area (Å²) in [6.07, 6.45) is 5.91. The average molecular weight is 400 g/mol. The highest BCUT2D eigenvalue weighted by atomic mass is 31.2. The lowest BCUT2D eigenvalue weighted by Gasteiger charge is -2.42. The van der Waals surface area contributed by atoms with Crippen molar-refractivity contribution in [3.8, 4) is 0 Å². The second-order valence-electron chi connectivity index (χ2n) is 8.55. The second kappa shape index (κ2) is 7.57. The van der Waals surface area contributed by atoms with Gasteiger partial charge < -0.3 is 9.13 Å². The Labute approximate surface area is 163 Å². The summed E-state index contributed by atoms with van der Waals surface area (Å²) in [4.78, 5) is 0. The molecule has 0 aliphatic heterocycles. The van der Waals surface area contributed by atoms with E-state index in [-0.39, 0.29) is 16.5 Å². The quantitative estimate of drug-likeness (QED) is 0.474. The predicted octanol–water partition coefficient (Wildman–Crippen LogP) is 5.88. The van der Waals surface area contributed by atoms with Crippen LogP contribution in [0.3, 0.4) is 0 Å². The summed E-state index contributed by atoms with van der Waals surface area (Å²) in [5.74, 6) is 0. The summed E-state index contributed by atoms with van der Waals surface area (Å²) in [6, 6.07) is 19.6. The molecule has 0 saturated heterocycles. The summed E-state index contributed by atoms with van der Waals surface area (Å²) in [7, 11) is -5.55. The summed E-state index contributed by atoms with van der Waals surface area (Å²) < 4.78 is 28.7. The van der Waals surface area contributed by atoms with Crippen LogP contribution in [0.1, 0.15) is 33.6 Å². The Balaban J connectivity index is 2.22. The predicted molar refractivity (Wildman–Crippen MR) is 119 cm³/mol. The molecule has 0 saturated carbocycles. The van der Waals surface area contributed by atoms with Gasteiger partial charge in [0.05, 0.1) is 7.14 Å². The van der Waals surface area contributed by atoms with Crippen molar-refractivity contribution in [2.75, 3.05) is 6.66 Å². The van der Waals surface area contributed by atoms with Gasteiger partial charge in [-0.1, -0.05) is 93.6 Å². The Morgan fingerprint density at radius 3 is 1.78 bits per heavy atom. The molecule has 1 aliphatic rings. The maximum atomic E-state index is 14.8. The lowest BCUT2D eigenvalue weighted by Crippen LogP contribution is -2.38. The van der Waals surface area contributed by atoms with Gasteiger partial charge in [-0.05, 0) is 19.5 Å². The van der Waals surface area contributed by atoms with Gasteiger partial charge in [-0.3, -0.25) is 0 Å². The monoisotopic (exact) mass is 400 g/mol. The second-order valence-corrected chi connectivity index (χ2v) is 15.5. The van der Waals surface area contributed by atoms with Gasteiger partial charge in [0.2, 0.25) is 0 Å². The van der Waals surface area contributed by atoms with E-state index in [2.05, 4.69) is 12.2 Å². The van der Waals surface area contributed by atoms with Crippen LogP contribution in [-0.4, -0.2) is 23.1 Å². The van der Waals surface area contributed by atoms with Crippen molar-refractivity contribution in [1.82, 2.24) is 0 Å². The molecule has 27 heavy (non-hydrogen) atoms. The molecule has 3 rings (SSSR count). The van der Waals surface area contributed by atoms with Crippen LogP contribution in [-0.2, 0) is 9.13 Å². The van der Waals surface area contributed by atoms with Crippen LogP contribution >= 0.6 is 14.3 Å². The molecule has 3 unspecified atom stereocenters. The first-order chi connectivity index (χ1) is 12.7. The molecule has 0 bridgehead atoms. The van der Waals surface area contributed by atoms with Crippen LogP contribution in [0.25, 0.3) is 0 Å². The average Bonchev–Trinajstić information content (AvgIpc) is 2.68. The van der Waals surface area contributed by atoms with Crippen LogP contribution < -0.4 is 10.6 Å². The standard InChI is InChI=1S/C23H30O2P2/c1-23(2,3)26(4,24)21-17-11-12-18-22(21)27(25,19-13-7-5-8-14-19)20-15-9-6-10-16-20/h5-11,13-17,21-22H,12,18H2,1-4H3. The highest BCUT2D eigenvalue weighted by Gasteiger charge is 2.49. The van der Waals surface area contributed by atoms with Gasteiger partial charge in [-0.25, -0.2) is 0 Å². The van der Waals surface area contributed by atoms with Gasteiger partial charge >= 0.3 is 0 Å². The third-order valence-corrected chi connectivity index (χ3v) is 14.2. The van der Waals surface area contributed by atoms with Crippen LogP contribution in [0.2, 0.25) is 0 Å². The molecule has 2 aromatic carbocycles. The van der Waals surface area contributed by atoms with Crippen molar-refractivity contribution < 1.29 is 9.13 Å². The third kappa shape index (κ3) is 3.67. The Bertz CT molecular complexity index is 851. The first-order valence-electron chi connectivity index (χ1n) is 9.64. The van der Waals surface area contributed by atoms with Gasteiger partial charge in [0.15, 0.2) is 0 Å². The number of hydrogen-bond donors (Lipinski definition) is 0. The Morgan fingerprint density at radius 1 is 0.852 bits per heavy atom. The fourth-order valence-corrected chi connectivity index (χ4v) is 10.8. The van der Waals surface area contributed by atoms with Crippen LogP contribution in [0.5, 0.6) is 0 Å². The van der Waals surface area contributed by atoms with Crippen molar-refractivity contribution in [3.05, 3.63) is 72.8 Å². The fraction of sp³-hybridized carbons (Fsp3) is 0.391. The molecule has 0 fully saturated rings. The highest BCUT2D eigenvalue weighted by molar-refractivity contribution is 7.80. The summed E-state index contributed by atoms with van der Waals surface area (Å²) in [6.45, 7) is 8.04. The zero-order chi connectivity index (χ0) is 19.7. The molecule has 0 spiro atoms. The van der Waals surface area contributed by atoms with Crippen molar-refractivity contribution >= 4 is 24.9 Å². The zero-order valence-corrected chi connectivity index (χ0v) is 18.5. The minimum absolute atomic E-state index is 0.137. The topological polar surface area (TPSA) is 34.1 Å². The van der Waals surface area contributed by atoms with E-state index in [0.717, 1.165) is 23.5 Å². The van der Waals surface area contributed by atoms with Crippen molar-refractivity contribution in [1.29, 1.82) is 0 Å². The molecular weight excluding hydrogens is 370 g/mol. The van der Waals surface area contributed by atoms with E-state index in [1.807, 2.05) is 88.1 Å². The Kier molecular flexibility index (Phi) is 5.72. The Morgan fingerprint density at radius 2 is 1.33 bits per heavy atom. The van der Waals surface area contributed by atoms with Gasteiger partial charge in [0, 0.05) is 27.1 Å². The molecule has 3 atom stereocenters. The normalized spacial score (nSPS) is 23.0. The molecule has 0 heterocycles. The number of benzene rings is 2. The first-order valence-corrected chi connectivity index (χ1v) is 13.6. The largest absolute Gasteiger partial charge is 0.323 e. The highest BCUT2D eigenvalue weighted by Crippen LogP contribution is 2.67. The molecule has 0 N–H and O–H groups in total. The van der Waals surface area contributed by atoms with Crippen LogP contribution in [0, 0.1) is 0 Å². The van der Waals surface area contributed by atoms with Crippen molar-refractivity contribution in [3.63, 3.8) is 0 Å². The summed E-state index contributed by atoms with van der Waals surface area (Å²) in [5, 5.41) is 1.42. The first kappa shape index (κ1) is 20.4. The molecule has 0 aromatic heterocycles. The van der Waals surface area contributed by atoms with E-state index in [1.165, 1.54) is 0 Å². The SMILES string of the molecule is CC(C)(C)P(C)(=O)C1C=CCCC1P(=O)(c1ccccc1)c1ccccc1. The Hall–Kier alpha value is -1.36. The maximum absolute atomic E-state index is 14.8. The van der Waals surface area contributed by atoms with Gasteiger partial charge in [-0.2, -0.15) is 0 Å². The van der Waals surface area contributed by atoms with E-state index < -0.39 is 14.3 Å². The molecule has 144 valence electrons. The number of rotatable bonds is 4. The summed E-state index contributed by atoms with van der Waals surface area (Å²) in [5.41, 5.74) is -0.306. The van der Waals surface area contributed by atoms with Gasteiger partial charge in [0.1, 0.15) is 7.14 Å². The lowest BCUT2D eigenvalue weighted by molar-refractivity contribution is 0.532. The minimum Gasteiger partial charge on any atom is -0.323 e. The molecule has 1 aliphatic carbocycles. The van der Waals surface area contributed by atoms with E-state index in [9.17, 15) is 9.13 Å². The van der Waals surface area contributed by atoms with Gasteiger partial charge in [-0.15, -0.1) is 0 Å². The van der Waals surface area contributed by atoms with E-state index in [4.69, 9.17) is 0 Å². The summed E-state index contributed by atoms with van der Waals surface area (Å²) >= 11 is 0. The molecule has 2 nitrogen and oxygen atoms in total. The van der Waals surface area contributed by atoms with Crippen molar-refractivity contribution in [2.24, 2.45) is 0 Å². The number of hydrogen-bond acceptors (Lipinski definition) is 2.